The van der Waals surface area contributed by atoms with Gasteiger partial charge in [-0.15, -0.1) is 0 Å². The summed E-state index contributed by atoms with van der Waals surface area (Å²) in [5.41, 5.74) is 1.07. The number of fused-ring (bicyclic) bond motifs is 1. The molecule has 0 amide bonds. The van der Waals surface area contributed by atoms with E-state index in [2.05, 4.69) is 20.1 Å². The molecule has 4 heterocycles. The van der Waals surface area contributed by atoms with Crippen LogP contribution >= 0.6 is 0 Å². The van der Waals surface area contributed by atoms with Crippen LogP contribution in [0.4, 0.5) is 10.3 Å². The minimum atomic E-state index is -0.438. The summed E-state index contributed by atoms with van der Waals surface area (Å²) < 4.78 is 20.8. The van der Waals surface area contributed by atoms with E-state index in [1.54, 1.807) is 18.6 Å². The summed E-state index contributed by atoms with van der Waals surface area (Å²) in [6.45, 7) is 1.89. The topological polar surface area (TPSA) is 69.0 Å². The molecule has 25 heavy (non-hydrogen) atoms. The second-order valence-electron chi connectivity index (χ2n) is 5.83. The average molecular weight is 340 g/mol. The fourth-order valence-corrected chi connectivity index (χ4v) is 2.97. The maximum atomic E-state index is 13.1. The van der Waals surface area contributed by atoms with Gasteiger partial charge in [-0.3, -0.25) is 9.67 Å². The van der Waals surface area contributed by atoms with E-state index in [1.807, 2.05) is 27.8 Å². The molecule has 0 radical (unpaired) electrons. The number of ether oxygens (including phenoxy) is 1. The zero-order valence-electron chi connectivity index (χ0n) is 13.5. The highest BCUT2D eigenvalue weighted by Crippen LogP contribution is 2.25. The Labute approximate surface area is 144 Å². The highest BCUT2D eigenvalue weighted by atomic mass is 19.1. The van der Waals surface area contributed by atoms with Crippen molar-refractivity contribution in [2.24, 2.45) is 0 Å². The Morgan fingerprint density at radius 3 is 2.84 bits per heavy atom. The van der Waals surface area contributed by atoms with Crippen molar-refractivity contribution in [2.45, 2.75) is 19.0 Å². The smallest absolute Gasteiger partial charge is 0.225 e. The average Bonchev–Trinajstić information content (AvgIpc) is 3.12. The molecule has 0 fully saturated rings. The van der Waals surface area contributed by atoms with Crippen LogP contribution in [0.5, 0.6) is 5.75 Å². The second kappa shape index (κ2) is 6.84. The first-order chi connectivity index (χ1) is 12.3. The van der Waals surface area contributed by atoms with Crippen molar-refractivity contribution >= 4 is 5.95 Å². The molecule has 128 valence electrons. The third kappa shape index (κ3) is 3.42. The lowest BCUT2D eigenvalue weighted by molar-refractivity contribution is 0.260. The maximum Gasteiger partial charge on any atom is 0.225 e. The molecule has 7 nitrogen and oxygen atoms in total. The van der Waals surface area contributed by atoms with E-state index in [4.69, 9.17) is 4.74 Å². The largest absolute Gasteiger partial charge is 0.492 e. The molecular weight excluding hydrogens is 323 g/mol. The molecule has 0 unspecified atom stereocenters. The molecule has 1 aliphatic heterocycles. The van der Waals surface area contributed by atoms with E-state index < -0.39 is 5.82 Å². The molecule has 8 heteroatoms. The summed E-state index contributed by atoms with van der Waals surface area (Å²) in [7, 11) is 0. The zero-order chi connectivity index (χ0) is 17.1. The summed E-state index contributed by atoms with van der Waals surface area (Å²) in [6.07, 6.45) is 8.35. The number of hydrogen-bond donors (Lipinski definition) is 0. The van der Waals surface area contributed by atoms with Gasteiger partial charge in [0.1, 0.15) is 5.75 Å². The Kier molecular flexibility index (Phi) is 4.24. The Balaban J connectivity index is 1.46. The maximum absolute atomic E-state index is 13.1. The molecule has 0 N–H and O–H groups in total. The molecule has 0 saturated carbocycles. The van der Waals surface area contributed by atoms with Crippen LogP contribution in [0.1, 0.15) is 18.2 Å². The zero-order valence-corrected chi connectivity index (χ0v) is 13.5. The minimum absolute atomic E-state index is 0.129. The summed E-state index contributed by atoms with van der Waals surface area (Å²) >= 11 is 0. The van der Waals surface area contributed by atoms with Crippen molar-refractivity contribution in [1.29, 1.82) is 0 Å². The normalized spacial score (nSPS) is 16.5. The molecule has 3 aromatic heterocycles. The van der Waals surface area contributed by atoms with Crippen LogP contribution in [0.3, 0.4) is 0 Å². The number of aromatic nitrogens is 5. The third-order valence-electron chi connectivity index (χ3n) is 4.13. The Morgan fingerprint density at radius 2 is 2.04 bits per heavy atom. The van der Waals surface area contributed by atoms with Gasteiger partial charge in [0.2, 0.25) is 5.95 Å². The summed E-state index contributed by atoms with van der Waals surface area (Å²) in [4.78, 5) is 14.3. The minimum Gasteiger partial charge on any atom is -0.492 e. The van der Waals surface area contributed by atoms with Crippen molar-refractivity contribution in [3.05, 3.63) is 60.7 Å². The van der Waals surface area contributed by atoms with E-state index >= 15 is 0 Å². The number of halogens is 1. The molecule has 0 aliphatic carbocycles. The van der Waals surface area contributed by atoms with Gasteiger partial charge in [0.15, 0.2) is 5.82 Å². The predicted molar refractivity (Wildman–Crippen MR) is 88.7 cm³/mol. The van der Waals surface area contributed by atoms with E-state index in [0.29, 0.717) is 25.6 Å². The molecule has 0 bridgehead atoms. The number of nitrogens with zero attached hydrogens (tertiary/aromatic N) is 6. The molecule has 0 saturated heterocycles. The van der Waals surface area contributed by atoms with Crippen LogP contribution in [0.2, 0.25) is 0 Å². The van der Waals surface area contributed by atoms with Crippen LogP contribution in [-0.2, 0) is 6.54 Å². The third-order valence-corrected chi connectivity index (χ3v) is 4.13. The van der Waals surface area contributed by atoms with Gasteiger partial charge in [-0.05, 0) is 18.2 Å². The van der Waals surface area contributed by atoms with Crippen LogP contribution in [-0.4, -0.2) is 37.9 Å². The van der Waals surface area contributed by atoms with Gasteiger partial charge in [0.05, 0.1) is 43.5 Å². The van der Waals surface area contributed by atoms with Gasteiger partial charge in [-0.2, -0.15) is 5.10 Å². The first kappa shape index (κ1) is 15.5. The van der Waals surface area contributed by atoms with E-state index in [9.17, 15) is 4.39 Å². The lowest BCUT2D eigenvalue weighted by atomic mass is 10.1. The Bertz CT molecular complexity index is 823. The molecule has 4 rings (SSSR count). The van der Waals surface area contributed by atoms with Gasteiger partial charge in [-0.25, -0.2) is 14.4 Å². The molecule has 3 aromatic rings. The molecule has 0 aromatic carbocycles. The van der Waals surface area contributed by atoms with Crippen molar-refractivity contribution in [1.82, 2.24) is 24.7 Å². The number of anilines is 1. The molecule has 1 atom stereocenters. The van der Waals surface area contributed by atoms with Gasteiger partial charge in [0, 0.05) is 25.4 Å². The van der Waals surface area contributed by atoms with Crippen molar-refractivity contribution in [3.8, 4) is 5.75 Å². The van der Waals surface area contributed by atoms with Crippen LogP contribution in [0, 0.1) is 5.82 Å². The fourth-order valence-electron chi connectivity index (χ4n) is 2.97. The van der Waals surface area contributed by atoms with E-state index in [0.717, 1.165) is 17.9 Å². The van der Waals surface area contributed by atoms with Gasteiger partial charge in [-0.1, -0.05) is 0 Å². The van der Waals surface area contributed by atoms with E-state index in [1.165, 1.54) is 12.4 Å². The summed E-state index contributed by atoms with van der Waals surface area (Å²) in [5.74, 6) is 0.831. The van der Waals surface area contributed by atoms with Gasteiger partial charge < -0.3 is 9.64 Å². The van der Waals surface area contributed by atoms with Gasteiger partial charge >= 0.3 is 0 Å². The number of rotatable bonds is 5. The standard InChI is InChI=1S/C17H17FN6O/c18-13-8-20-17(21-9-13)23-11-14-3-6-22-24(14)15(12-23)4-7-25-16-2-1-5-19-10-16/h1-3,5-6,8-10,15H,4,7,11-12H2/t15-/m1/s1. The SMILES string of the molecule is Fc1cnc(N2Cc3ccnn3[C@H](CCOc3cccnc3)C2)nc1. The lowest BCUT2D eigenvalue weighted by Gasteiger charge is -2.33. The number of pyridine rings is 1. The van der Waals surface area contributed by atoms with Crippen molar-refractivity contribution in [3.63, 3.8) is 0 Å². The Hall–Kier alpha value is -3.03. The molecule has 1 aliphatic rings. The highest BCUT2D eigenvalue weighted by molar-refractivity contribution is 5.32. The first-order valence-corrected chi connectivity index (χ1v) is 8.07. The van der Waals surface area contributed by atoms with Gasteiger partial charge in [0.25, 0.3) is 0 Å². The van der Waals surface area contributed by atoms with Crippen LogP contribution < -0.4 is 9.64 Å². The van der Waals surface area contributed by atoms with Crippen LogP contribution in [0.15, 0.2) is 49.2 Å². The summed E-state index contributed by atoms with van der Waals surface area (Å²) in [6, 6.07) is 5.83. The molecular formula is C17H17FN6O. The van der Waals surface area contributed by atoms with Crippen molar-refractivity contribution < 1.29 is 9.13 Å². The predicted octanol–water partition coefficient (Wildman–Crippen LogP) is 2.24. The fraction of sp³-hybridized carbons (Fsp3) is 0.294. The Morgan fingerprint density at radius 1 is 1.16 bits per heavy atom. The summed E-state index contributed by atoms with van der Waals surface area (Å²) in [5, 5.41) is 4.43. The first-order valence-electron chi connectivity index (χ1n) is 8.07. The van der Waals surface area contributed by atoms with Crippen LogP contribution in [0.25, 0.3) is 0 Å². The highest BCUT2D eigenvalue weighted by Gasteiger charge is 2.27. The van der Waals surface area contributed by atoms with Crippen molar-refractivity contribution in [2.75, 3.05) is 18.1 Å². The monoisotopic (exact) mass is 340 g/mol. The molecule has 0 spiro atoms. The van der Waals surface area contributed by atoms with E-state index in [-0.39, 0.29) is 6.04 Å². The second-order valence-corrected chi connectivity index (χ2v) is 5.83. The lowest BCUT2D eigenvalue weighted by Crippen LogP contribution is -2.39. The number of hydrogen-bond acceptors (Lipinski definition) is 6. The quantitative estimate of drug-likeness (QED) is 0.709.